The lowest BCUT2D eigenvalue weighted by atomic mass is 9.77. The maximum atomic E-state index is 14.5. The molecule has 16 nitrogen and oxygen atoms in total. The highest BCUT2D eigenvalue weighted by Gasteiger charge is 2.60. The van der Waals surface area contributed by atoms with Crippen LogP contribution in [0.2, 0.25) is 20.1 Å². The normalized spacial score (nSPS) is 15.6. The number of hydrogen-bond donors (Lipinski definition) is 2. The van der Waals surface area contributed by atoms with Gasteiger partial charge >= 0.3 is 24.3 Å². The summed E-state index contributed by atoms with van der Waals surface area (Å²) in [6.45, 7) is 1.87. The van der Waals surface area contributed by atoms with E-state index in [1.165, 1.54) is 125 Å². The van der Waals surface area contributed by atoms with Crippen molar-refractivity contribution in [1.82, 2.24) is 9.97 Å². The summed E-state index contributed by atoms with van der Waals surface area (Å²) in [6, 6.07) is 17.2. The number of anilines is 2. The molecule has 0 unspecified atom stereocenters. The highest BCUT2D eigenvalue weighted by atomic mass is 35.5. The van der Waals surface area contributed by atoms with Crippen molar-refractivity contribution in [3.8, 4) is 34.8 Å². The number of halogens is 10. The molecule has 0 aliphatic carbocycles. The summed E-state index contributed by atoms with van der Waals surface area (Å²) < 4.78 is 118. The molecule has 2 aliphatic rings. The first-order valence-corrected chi connectivity index (χ1v) is 24.1. The lowest BCUT2D eigenvalue weighted by Crippen LogP contribution is -2.47. The smallest absolute Gasteiger partial charge is 0.422 e. The van der Waals surface area contributed by atoms with Gasteiger partial charge in [0, 0.05) is 48.4 Å². The topological polar surface area (TPSA) is 196 Å². The van der Waals surface area contributed by atoms with E-state index in [-0.39, 0.29) is 102 Å². The fraction of sp³-hybridized carbons (Fsp3) is 0.269. The molecule has 6 aromatic rings. The van der Waals surface area contributed by atoms with Gasteiger partial charge in [-0.05, 0) is 82.9 Å². The van der Waals surface area contributed by atoms with Crippen molar-refractivity contribution in [1.29, 1.82) is 0 Å². The molecule has 412 valence electrons. The lowest BCUT2D eigenvalue weighted by Gasteiger charge is -2.38. The van der Waals surface area contributed by atoms with Gasteiger partial charge in [0.1, 0.15) is 33.0 Å². The fourth-order valence-corrected chi connectivity index (χ4v) is 9.39. The molecule has 2 N–H and O–H groups in total. The van der Waals surface area contributed by atoms with Crippen LogP contribution in [0.4, 0.5) is 37.7 Å². The highest BCUT2D eigenvalue weighted by Crippen LogP contribution is 2.53. The largest absolute Gasteiger partial charge is 0.482 e. The number of benzene rings is 4. The van der Waals surface area contributed by atoms with Crippen molar-refractivity contribution in [2.75, 3.05) is 51.3 Å². The minimum atomic E-state index is -5.13. The van der Waals surface area contributed by atoms with E-state index in [0.29, 0.717) is 0 Å². The number of alkyl halides is 6. The van der Waals surface area contributed by atoms with Crippen molar-refractivity contribution < 1.29 is 84.2 Å². The number of pyridine rings is 2. The molecule has 4 aromatic carbocycles. The summed E-state index contributed by atoms with van der Waals surface area (Å²) in [4.78, 5) is 57.5. The summed E-state index contributed by atoms with van der Waals surface area (Å²) in [6.07, 6.45) is -7.89. The second kappa shape index (κ2) is 22.7. The van der Waals surface area contributed by atoms with Crippen molar-refractivity contribution in [3.05, 3.63) is 151 Å². The van der Waals surface area contributed by atoms with Crippen LogP contribution in [-0.4, -0.2) is 97.8 Å². The number of esters is 2. The van der Waals surface area contributed by atoms with Crippen LogP contribution in [0.25, 0.3) is 0 Å². The Hall–Kier alpha value is -7.08. The maximum absolute atomic E-state index is 14.5. The Morgan fingerprint density at radius 3 is 1.24 bits per heavy atom. The van der Waals surface area contributed by atoms with Gasteiger partial charge < -0.3 is 48.4 Å². The summed E-state index contributed by atoms with van der Waals surface area (Å²) in [7, 11) is 5.21. The molecule has 2 aliphatic heterocycles. The predicted octanol–water partition coefficient (Wildman–Crippen LogP) is 11.8. The van der Waals surface area contributed by atoms with Crippen molar-refractivity contribution >= 4 is 81.5 Å². The Kier molecular flexibility index (Phi) is 17.1. The number of amides is 2. The van der Waals surface area contributed by atoms with E-state index in [1.54, 1.807) is 0 Å². The van der Waals surface area contributed by atoms with Crippen LogP contribution in [0.5, 0.6) is 34.8 Å². The molecular weight excluding hydrogens is 1130 g/mol. The SMILES string of the molecule is COC(=O)c1cnc(Oc2ccc([C@@H](C)[C@@](O)(c3ccc4c(c3)N(C)C(=O)CO4)C(F)(F)F)c(Cl)c2)c(Cl)c1.COC(=O)c1cnc(Oc2ccc([C@H](C)[C@](O)(c3ccc4c(c3)N(C)C(=O)CO4)C(F)(F)F)c(Cl)c2)c(Cl)c1. The quantitative estimate of drug-likeness (QED) is 0.0867. The van der Waals surface area contributed by atoms with Gasteiger partial charge in [-0.2, -0.15) is 26.3 Å². The first-order valence-electron chi connectivity index (χ1n) is 22.6. The first-order chi connectivity index (χ1) is 36.5. The van der Waals surface area contributed by atoms with Gasteiger partial charge in [0.05, 0.1) is 36.7 Å². The molecule has 2 amide bonds. The third kappa shape index (κ3) is 11.4. The molecule has 0 saturated carbocycles. The van der Waals surface area contributed by atoms with E-state index in [4.69, 9.17) is 65.4 Å². The summed E-state index contributed by atoms with van der Waals surface area (Å²) in [5.74, 6) is -4.94. The summed E-state index contributed by atoms with van der Waals surface area (Å²) >= 11 is 25.0. The number of nitrogens with zero attached hydrogens (tertiary/aromatic N) is 4. The van der Waals surface area contributed by atoms with E-state index in [2.05, 4.69) is 19.4 Å². The third-order valence-corrected chi connectivity index (χ3v) is 14.0. The van der Waals surface area contributed by atoms with Crippen LogP contribution in [-0.2, 0) is 30.3 Å². The molecule has 0 spiro atoms. The molecule has 0 bridgehead atoms. The molecule has 0 radical (unpaired) electrons. The minimum absolute atomic E-state index is 0.0160. The number of aromatic nitrogens is 2. The Balaban J connectivity index is 0.000000226. The van der Waals surface area contributed by atoms with Crippen LogP contribution in [0.3, 0.4) is 0 Å². The molecule has 26 heteroatoms. The van der Waals surface area contributed by atoms with Crippen LogP contribution in [0.15, 0.2) is 97.3 Å². The van der Waals surface area contributed by atoms with E-state index in [1.807, 2.05) is 0 Å². The number of methoxy groups -OCH3 is 2. The number of carbonyl (C=O) groups is 4. The van der Waals surface area contributed by atoms with Gasteiger partial charge in [-0.25, -0.2) is 19.6 Å². The van der Waals surface area contributed by atoms with E-state index < -0.39 is 70.3 Å². The van der Waals surface area contributed by atoms with E-state index in [0.717, 1.165) is 24.3 Å². The van der Waals surface area contributed by atoms with E-state index >= 15 is 0 Å². The number of fused-ring (bicyclic) bond motifs is 2. The van der Waals surface area contributed by atoms with Gasteiger partial charge in [-0.1, -0.05) is 84.5 Å². The number of ether oxygens (including phenoxy) is 6. The lowest BCUT2D eigenvalue weighted by molar-refractivity contribution is -0.274. The monoisotopic (exact) mass is 1170 g/mol. The van der Waals surface area contributed by atoms with Crippen molar-refractivity contribution in [3.63, 3.8) is 0 Å². The van der Waals surface area contributed by atoms with Crippen LogP contribution >= 0.6 is 46.4 Å². The van der Waals surface area contributed by atoms with Crippen molar-refractivity contribution in [2.24, 2.45) is 0 Å². The van der Waals surface area contributed by atoms with Gasteiger partial charge in [0.15, 0.2) is 24.4 Å². The number of hydrogen-bond acceptors (Lipinski definition) is 14. The van der Waals surface area contributed by atoms with Gasteiger partial charge in [-0.3, -0.25) is 9.59 Å². The second-order valence-electron chi connectivity index (χ2n) is 17.4. The Morgan fingerprint density at radius 1 is 0.577 bits per heavy atom. The number of likely N-dealkylation sites (N-methyl/N-ethyl adjacent to an activating group) is 2. The van der Waals surface area contributed by atoms with Gasteiger partial charge in [0.2, 0.25) is 11.8 Å². The van der Waals surface area contributed by atoms with Crippen molar-refractivity contribution in [2.45, 2.75) is 49.2 Å². The Morgan fingerprint density at radius 2 is 0.936 bits per heavy atom. The second-order valence-corrected chi connectivity index (χ2v) is 19.0. The van der Waals surface area contributed by atoms with E-state index in [9.17, 15) is 55.7 Å². The summed E-state index contributed by atoms with van der Waals surface area (Å²) in [5, 5.41) is 22.2. The minimum Gasteiger partial charge on any atom is -0.482 e. The fourth-order valence-electron chi connectivity index (χ4n) is 8.32. The average Bonchev–Trinajstić information content (AvgIpc) is 3.42. The molecular formula is C52H42Cl4F6N4O12. The molecule has 2 aromatic heterocycles. The van der Waals surface area contributed by atoms with Crippen LogP contribution < -0.4 is 28.7 Å². The molecule has 4 heterocycles. The average molecular weight is 1170 g/mol. The predicted molar refractivity (Wildman–Crippen MR) is 272 cm³/mol. The third-order valence-electron chi connectivity index (χ3n) is 12.9. The van der Waals surface area contributed by atoms with Crippen LogP contribution in [0.1, 0.15) is 68.7 Å². The maximum Gasteiger partial charge on any atom is 0.422 e. The van der Waals surface area contributed by atoms with Gasteiger partial charge in [-0.15, -0.1) is 0 Å². The zero-order valence-electron chi connectivity index (χ0n) is 41.4. The molecule has 8 rings (SSSR count). The molecule has 0 saturated heterocycles. The Labute approximate surface area is 459 Å². The number of carbonyl (C=O) groups excluding carboxylic acids is 4. The zero-order chi connectivity index (χ0) is 57.4. The zero-order valence-corrected chi connectivity index (χ0v) is 44.4. The van der Waals surface area contributed by atoms with Gasteiger partial charge in [0.25, 0.3) is 11.8 Å². The highest BCUT2D eigenvalue weighted by molar-refractivity contribution is 6.33. The standard InChI is InChI=1S/2C26H21Cl2F3N2O6/c2*1-13(25(36,26(29,30)31)15-4-7-21-20(9-15)33(2)22(34)12-38-21)17-6-5-16(10-18(17)27)39-23-19(28)8-14(11-32-23)24(35)37-3/h2*4-11,13,36H,12H2,1-3H3/t2*13-,25-/m10/s1. The van der Waals surface area contributed by atoms with Crippen LogP contribution in [0, 0.1) is 0 Å². The molecule has 0 fully saturated rings. The molecule has 78 heavy (non-hydrogen) atoms. The Bertz CT molecular complexity index is 3120. The molecule has 4 atom stereocenters. The first kappa shape index (κ1) is 58.6. The number of rotatable bonds is 12. The number of aliphatic hydroxyl groups is 2. The summed E-state index contributed by atoms with van der Waals surface area (Å²) in [5.41, 5.74) is -7.44.